The third kappa shape index (κ3) is 2.17. The summed E-state index contributed by atoms with van der Waals surface area (Å²) in [4.78, 5) is 0. The molecule has 0 spiro atoms. The predicted octanol–water partition coefficient (Wildman–Crippen LogP) is 3.69. The molecular formula is C14H19N. The van der Waals surface area contributed by atoms with Crippen molar-refractivity contribution in [2.45, 2.75) is 38.5 Å². The molecule has 0 unspecified atom stereocenters. The van der Waals surface area contributed by atoms with E-state index in [1.807, 2.05) is 0 Å². The fourth-order valence-corrected chi connectivity index (χ4v) is 2.17. The van der Waals surface area contributed by atoms with E-state index in [-0.39, 0.29) is 0 Å². The van der Waals surface area contributed by atoms with Crippen molar-refractivity contribution in [3.8, 4) is 0 Å². The molecule has 1 heteroatoms. The molecule has 1 aromatic carbocycles. The zero-order chi connectivity index (χ0) is 10.3. The second kappa shape index (κ2) is 3.55. The van der Waals surface area contributed by atoms with E-state index in [2.05, 4.69) is 30.4 Å². The number of rotatable bonds is 4. The van der Waals surface area contributed by atoms with Gasteiger partial charge in [-0.1, -0.05) is 6.07 Å². The van der Waals surface area contributed by atoms with Gasteiger partial charge in [0.05, 0.1) is 0 Å². The Balaban J connectivity index is 1.72. The van der Waals surface area contributed by atoms with Gasteiger partial charge in [-0.25, -0.2) is 0 Å². The first-order valence-electron chi connectivity index (χ1n) is 6.17. The molecule has 2 saturated carbocycles. The first-order valence-corrected chi connectivity index (χ1v) is 6.17. The highest BCUT2D eigenvalue weighted by Crippen LogP contribution is 2.42. The van der Waals surface area contributed by atoms with Gasteiger partial charge in [-0.15, -0.1) is 0 Å². The second-order valence-electron chi connectivity index (χ2n) is 5.17. The highest BCUT2D eigenvalue weighted by molar-refractivity contribution is 5.50. The Bertz CT molecular complexity index is 362. The molecule has 2 fully saturated rings. The Hall–Kier alpha value is -0.980. The molecule has 0 aromatic heterocycles. The van der Waals surface area contributed by atoms with Gasteiger partial charge in [0.1, 0.15) is 0 Å². The molecule has 0 heterocycles. The Kier molecular flexibility index (Phi) is 2.19. The molecule has 0 saturated heterocycles. The largest absolute Gasteiger partial charge is 0.385 e. The molecule has 15 heavy (non-hydrogen) atoms. The lowest BCUT2D eigenvalue weighted by Gasteiger charge is -2.09. The van der Waals surface area contributed by atoms with Crippen molar-refractivity contribution in [3.63, 3.8) is 0 Å². The minimum Gasteiger partial charge on any atom is -0.385 e. The average molecular weight is 201 g/mol. The number of anilines is 1. The summed E-state index contributed by atoms with van der Waals surface area (Å²) in [5.74, 6) is 1.82. The van der Waals surface area contributed by atoms with E-state index in [9.17, 15) is 0 Å². The lowest BCUT2D eigenvalue weighted by atomic mass is 10.0. The van der Waals surface area contributed by atoms with Gasteiger partial charge < -0.3 is 5.32 Å². The third-order valence-electron chi connectivity index (χ3n) is 3.59. The molecule has 0 bridgehead atoms. The van der Waals surface area contributed by atoms with E-state index >= 15 is 0 Å². The summed E-state index contributed by atoms with van der Waals surface area (Å²) in [6.07, 6.45) is 5.64. The first kappa shape index (κ1) is 9.26. The van der Waals surface area contributed by atoms with Crippen molar-refractivity contribution in [3.05, 3.63) is 29.3 Å². The topological polar surface area (TPSA) is 12.0 Å². The molecule has 1 N–H and O–H groups in total. The van der Waals surface area contributed by atoms with Crippen molar-refractivity contribution in [1.82, 2.24) is 0 Å². The van der Waals surface area contributed by atoms with E-state index < -0.39 is 0 Å². The molecule has 0 aliphatic heterocycles. The van der Waals surface area contributed by atoms with Crippen molar-refractivity contribution < 1.29 is 0 Å². The fraction of sp³-hybridized carbons (Fsp3) is 0.571. The SMILES string of the molecule is Cc1ccc(NCC2CC2)cc1C1CC1. The second-order valence-corrected chi connectivity index (χ2v) is 5.17. The molecule has 2 aliphatic rings. The van der Waals surface area contributed by atoms with E-state index in [0.29, 0.717) is 0 Å². The van der Waals surface area contributed by atoms with Crippen molar-refractivity contribution in [1.29, 1.82) is 0 Å². The lowest BCUT2D eigenvalue weighted by molar-refractivity contribution is 0.888. The maximum Gasteiger partial charge on any atom is 0.0343 e. The van der Waals surface area contributed by atoms with E-state index in [4.69, 9.17) is 0 Å². The number of nitrogens with one attached hydrogen (secondary N) is 1. The normalized spacial score (nSPS) is 20.3. The summed E-state index contributed by atoms with van der Waals surface area (Å²) in [5.41, 5.74) is 4.37. The Morgan fingerprint density at radius 1 is 1.20 bits per heavy atom. The van der Waals surface area contributed by atoms with E-state index in [1.54, 1.807) is 5.56 Å². The molecule has 80 valence electrons. The summed E-state index contributed by atoms with van der Waals surface area (Å²) in [6, 6.07) is 6.86. The van der Waals surface area contributed by atoms with Gasteiger partial charge in [0.2, 0.25) is 0 Å². The zero-order valence-electron chi connectivity index (χ0n) is 9.42. The Labute approximate surface area is 91.9 Å². The maximum absolute atomic E-state index is 3.56. The number of hydrogen-bond acceptors (Lipinski definition) is 1. The van der Waals surface area contributed by atoms with Crippen molar-refractivity contribution in [2.24, 2.45) is 5.92 Å². The molecular weight excluding hydrogens is 182 g/mol. The number of aryl methyl sites for hydroxylation is 1. The van der Waals surface area contributed by atoms with Crippen LogP contribution in [0.1, 0.15) is 42.7 Å². The summed E-state index contributed by atoms with van der Waals surface area (Å²) in [6.45, 7) is 3.41. The van der Waals surface area contributed by atoms with Crippen LogP contribution in [0.5, 0.6) is 0 Å². The van der Waals surface area contributed by atoms with Crippen LogP contribution in [0.25, 0.3) is 0 Å². The van der Waals surface area contributed by atoms with Crippen molar-refractivity contribution >= 4 is 5.69 Å². The molecule has 1 nitrogen and oxygen atoms in total. The van der Waals surface area contributed by atoms with Crippen LogP contribution in [0.3, 0.4) is 0 Å². The van der Waals surface area contributed by atoms with Gasteiger partial charge in [0.25, 0.3) is 0 Å². The average Bonchev–Trinajstić information content (AvgIpc) is 3.11. The van der Waals surface area contributed by atoms with E-state index in [0.717, 1.165) is 11.8 Å². The van der Waals surface area contributed by atoms with Crippen LogP contribution < -0.4 is 5.32 Å². The summed E-state index contributed by atoms with van der Waals surface area (Å²) in [5, 5.41) is 3.56. The summed E-state index contributed by atoms with van der Waals surface area (Å²) < 4.78 is 0. The van der Waals surface area contributed by atoms with Gasteiger partial charge in [0.15, 0.2) is 0 Å². The molecule has 2 aliphatic carbocycles. The smallest absolute Gasteiger partial charge is 0.0343 e. The van der Waals surface area contributed by atoms with E-state index in [1.165, 1.54) is 43.5 Å². The van der Waals surface area contributed by atoms with Crippen LogP contribution in [0, 0.1) is 12.8 Å². The number of benzene rings is 1. The first-order chi connectivity index (χ1) is 7.33. The molecule has 1 aromatic rings. The van der Waals surface area contributed by atoms with Gasteiger partial charge >= 0.3 is 0 Å². The molecule has 0 amide bonds. The van der Waals surface area contributed by atoms with Crippen LogP contribution in [-0.4, -0.2) is 6.54 Å². The number of hydrogen-bond donors (Lipinski definition) is 1. The summed E-state index contributed by atoms with van der Waals surface area (Å²) in [7, 11) is 0. The molecule has 0 atom stereocenters. The highest BCUT2D eigenvalue weighted by Gasteiger charge is 2.25. The van der Waals surface area contributed by atoms with Crippen LogP contribution in [0.15, 0.2) is 18.2 Å². The standard InChI is InChI=1S/C14H19N/c1-10-2-7-13(15-9-11-3-4-11)8-14(10)12-5-6-12/h2,7-8,11-12,15H,3-6,9H2,1H3. The quantitative estimate of drug-likeness (QED) is 0.783. The van der Waals surface area contributed by atoms with Gasteiger partial charge in [-0.2, -0.15) is 0 Å². The Morgan fingerprint density at radius 2 is 2.00 bits per heavy atom. The minimum atomic E-state index is 0.868. The van der Waals surface area contributed by atoms with Crippen LogP contribution in [-0.2, 0) is 0 Å². The van der Waals surface area contributed by atoms with Gasteiger partial charge in [-0.05, 0) is 67.7 Å². The zero-order valence-corrected chi connectivity index (χ0v) is 9.42. The van der Waals surface area contributed by atoms with Gasteiger partial charge in [-0.3, -0.25) is 0 Å². The van der Waals surface area contributed by atoms with Crippen LogP contribution in [0.4, 0.5) is 5.69 Å². The fourth-order valence-electron chi connectivity index (χ4n) is 2.17. The van der Waals surface area contributed by atoms with Crippen LogP contribution >= 0.6 is 0 Å². The minimum absolute atomic E-state index is 0.868. The lowest BCUT2D eigenvalue weighted by Crippen LogP contribution is -2.03. The Morgan fingerprint density at radius 3 is 2.67 bits per heavy atom. The maximum atomic E-state index is 3.56. The third-order valence-corrected chi connectivity index (χ3v) is 3.59. The van der Waals surface area contributed by atoms with Crippen LogP contribution in [0.2, 0.25) is 0 Å². The molecule has 0 radical (unpaired) electrons. The monoisotopic (exact) mass is 201 g/mol. The highest BCUT2D eigenvalue weighted by atomic mass is 14.9. The predicted molar refractivity (Wildman–Crippen MR) is 64.4 cm³/mol. The molecule has 3 rings (SSSR count). The van der Waals surface area contributed by atoms with Gasteiger partial charge in [0, 0.05) is 12.2 Å². The van der Waals surface area contributed by atoms with Crippen molar-refractivity contribution in [2.75, 3.05) is 11.9 Å². The summed E-state index contributed by atoms with van der Waals surface area (Å²) >= 11 is 0.